The Labute approximate surface area is 110 Å². The molecule has 0 amide bonds. The molecule has 6 heteroatoms. The maximum absolute atomic E-state index is 6.16. The quantitative estimate of drug-likeness (QED) is 0.931. The van der Waals surface area contributed by atoms with Crippen LogP contribution < -0.4 is 5.32 Å². The molecular weight excluding hydrogens is 261 g/mol. The maximum atomic E-state index is 6.16. The minimum absolute atomic E-state index is 0.155. The molecule has 0 spiro atoms. The van der Waals surface area contributed by atoms with Gasteiger partial charge in [-0.3, -0.25) is 4.68 Å². The van der Waals surface area contributed by atoms with Crippen molar-refractivity contribution in [2.45, 2.75) is 19.5 Å². The first-order valence-corrected chi connectivity index (χ1v) is 6.06. The first-order chi connectivity index (χ1) is 8.17. The van der Waals surface area contributed by atoms with E-state index in [4.69, 9.17) is 27.6 Å². The molecule has 0 saturated carbocycles. The van der Waals surface area contributed by atoms with Crippen LogP contribution in [0.2, 0.25) is 10.2 Å². The Kier molecular flexibility index (Phi) is 3.76. The van der Waals surface area contributed by atoms with Gasteiger partial charge in [0.15, 0.2) is 5.22 Å². The molecule has 0 aliphatic heterocycles. The van der Waals surface area contributed by atoms with Crippen LogP contribution in [0, 0.1) is 0 Å². The minimum Gasteiger partial charge on any atom is -0.448 e. The number of hydrogen-bond donors (Lipinski definition) is 1. The number of nitrogens with zero attached hydrogens (tertiary/aromatic N) is 2. The smallest absolute Gasteiger partial charge is 0.193 e. The Balaban J connectivity index is 2.44. The Morgan fingerprint density at radius 2 is 2.24 bits per heavy atom. The summed E-state index contributed by atoms with van der Waals surface area (Å²) < 4.78 is 7.25. The number of aromatic nitrogens is 2. The van der Waals surface area contributed by atoms with E-state index in [1.54, 1.807) is 12.3 Å². The summed E-state index contributed by atoms with van der Waals surface area (Å²) in [7, 11) is 1.84. The fraction of sp³-hybridized carbons (Fsp3) is 0.364. The molecule has 4 nitrogen and oxygen atoms in total. The van der Waals surface area contributed by atoms with Gasteiger partial charge in [-0.1, -0.05) is 11.6 Å². The third kappa shape index (κ3) is 2.34. The van der Waals surface area contributed by atoms with Gasteiger partial charge in [-0.2, -0.15) is 5.10 Å². The minimum atomic E-state index is -0.155. The highest BCUT2D eigenvalue weighted by Gasteiger charge is 2.23. The number of nitrogens with one attached hydrogen (secondary N) is 1. The summed E-state index contributed by atoms with van der Waals surface area (Å²) in [6.07, 6.45) is 1.63. The molecule has 1 atom stereocenters. The van der Waals surface area contributed by atoms with E-state index in [9.17, 15) is 0 Å². The summed E-state index contributed by atoms with van der Waals surface area (Å²) in [5, 5.41) is 8.33. The van der Waals surface area contributed by atoms with Gasteiger partial charge in [0.1, 0.15) is 11.8 Å². The van der Waals surface area contributed by atoms with Gasteiger partial charge in [-0.15, -0.1) is 0 Å². The van der Waals surface area contributed by atoms with E-state index in [2.05, 4.69) is 10.4 Å². The molecule has 0 bridgehead atoms. The van der Waals surface area contributed by atoms with Crippen LogP contribution in [-0.2, 0) is 6.54 Å². The molecule has 17 heavy (non-hydrogen) atoms. The van der Waals surface area contributed by atoms with Crippen molar-refractivity contribution >= 4 is 23.2 Å². The predicted octanol–water partition coefficient (Wildman–Crippen LogP) is 3.11. The molecule has 0 radical (unpaired) electrons. The second-order valence-corrected chi connectivity index (χ2v) is 4.34. The topological polar surface area (TPSA) is 43.0 Å². The molecule has 2 rings (SSSR count). The first kappa shape index (κ1) is 12.5. The average Bonchev–Trinajstić information content (AvgIpc) is 2.89. The van der Waals surface area contributed by atoms with Gasteiger partial charge in [0, 0.05) is 6.54 Å². The molecule has 0 aliphatic carbocycles. The van der Waals surface area contributed by atoms with Gasteiger partial charge in [0.2, 0.25) is 0 Å². The summed E-state index contributed by atoms with van der Waals surface area (Å²) in [6.45, 7) is 2.75. The normalized spacial score (nSPS) is 12.9. The first-order valence-electron chi connectivity index (χ1n) is 5.31. The molecule has 1 N–H and O–H groups in total. The lowest BCUT2D eigenvalue weighted by Gasteiger charge is -2.15. The van der Waals surface area contributed by atoms with E-state index >= 15 is 0 Å². The summed E-state index contributed by atoms with van der Waals surface area (Å²) in [5.41, 5.74) is 0.877. The summed E-state index contributed by atoms with van der Waals surface area (Å²) in [5.74, 6) is 0.717. The van der Waals surface area contributed by atoms with Gasteiger partial charge >= 0.3 is 0 Å². The summed E-state index contributed by atoms with van der Waals surface area (Å²) in [6, 6.07) is 3.38. The second-order valence-electron chi connectivity index (χ2n) is 3.56. The van der Waals surface area contributed by atoms with Crippen LogP contribution in [0.4, 0.5) is 0 Å². The van der Waals surface area contributed by atoms with Crippen molar-refractivity contribution < 1.29 is 4.42 Å². The SMILES string of the molecule is CCn1ncc(Cl)c1C(NC)c1ccc(Cl)o1. The van der Waals surface area contributed by atoms with Crippen molar-refractivity contribution in [1.29, 1.82) is 0 Å². The average molecular weight is 274 g/mol. The molecule has 2 aromatic rings. The Bertz CT molecular complexity index is 507. The van der Waals surface area contributed by atoms with Crippen molar-refractivity contribution in [2.24, 2.45) is 0 Å². The molecule has 2 aromatic heterocycles. The lowest BCUT2D eigenvalue weighted by molar-refractivity contribution is 0.445. The third-order valence-electron chi connectivity index (χ3n) is 2.57. The van der Waals surface area contributed by atoms with E-state index in [0.717, 1.165) is 18.0 Å². The van der Waals surface area contributed by atoms with E-state index in [1.807, 2.05) is 24.7 Å². The van der Waals surface area contributed by atoms with Crippen LogP contribution in [0.1, 0.15) is 24.4 Å². The second kappa shape index (κ2) is 5.12. The third-order valence-corrected chi connectivity index (χ3v) is 3.07. The predicted molar refractivity (Wildman–Crippen MR) is 67.5 cm³/mol. The highest BCUT2D eigenvalue weighted by Crippen LogP contribution is 2.30. The van der Waals surface area contributed by atoms with Crippen molar-refractivity contribution in [3.8, 4) is 0 Å². The van der Waals surface area contributed by atoms with E-state index < -0.39 is 0 Å². The number of rotatable bonds is 4. The van der Waals surface area contributed by atoms with Crippen LogP contribution in [0.5, 0.6) is 0 Å². The fourth-order valence-electron chi connectivity index (χ4n) is 1.81. The van der Waals surface area contributed by atoms with Crippen LogP contribution in [-0.4, -0.2) is 16.8 Å². The molecule has 92 valence electrons. The highest BCUT2D eigenvalue weighted by atomic mass is 35.5. The molecule has 1 unspecified atom stereocenters. The number of aryl methyl sites for hydroxylation is 1. The van der Waals surface area contributed by atoms with E-state index in [-0.39, 0.29) is 6.04 Å². The number of halogens is 2. The van der Waals surface area contributed by atoms with Gasteiger partial charge in [-0.25, -0.2) is 0 Å². The van der Waals surface area contributed by atoms with Crippen molar-refractivity contribution in [3.05, 3.63) is 40.0 Å². The van der Waals surface area contributed by atoms with Crippen LogP contribution in [0.15, 0.2) is 22.7 Å². The Morgan fingerprint density at radius 1 is 1.47 bits per heavy atom. The van der Waals surface area contributed by atoms with Crippen LogP contribution in [0.25, 0.3) is 0 Å². The zero-order valence-electron chi connectivity index (χ0n) is 9.58. The zero-order valence-corrected chi connectivity index (χ0v) is 11.1. The highest BCUT2D eigenvalue weighted by molar-refractivity contribution is 6.31. The van der Waals surface area contributed by atoms with Crippen LogP contribution in [0.3, 0.4) is 0 Å². The van der Waals surface area contributed by atoms with Crippen molar-refractivity contribution in [2.75, 3.05) is 7.05 Å². The van der Waals surface area contributed by atoms with Crippen molar-refractivity contribution in [3.63, 3.8) is 0 Å². The molecule has 0 aliphatic rings. The Hall–Kier alpha value is -0.970. The maximum Gasteiger partial charge on any atom is 0.193 e. The van der Waals surface area contributed by atoms with E-state index in [0.29, 0.717) is 10.2 Å². The molecule has 2 heterocycles. The largest absolute Gasteiger partial charge is 0.448 e. The molecule has 0 fully saturated rings. The summed E-state index contributed by atoms with van der Waals surface area (Å²) >= 11 is 11.9. The zero-order chi connectivity index (χ0) is 12.4. The van der Waals surface area contributed by atoms with Gasteiger partial charge < -0.3 is 9.73 Å². The van der Waals surface area contributed by atoms with E-state index in [1.165, 1.54) is 0 Å². The molecule has 0 aromatic carbocycles. The van der Waals surface area contributed by atoms with Crippen LogP contribution >= 0.6 is 23.2 Å². The van der Waals surface area contributed by atoms with Crippen molar-refractivity contribution in [1.82, 2.24) is 15.1 Å². The van der Waals surface area contributed by atoms with Gasteiger partial charge in [0.25, 0.3) is 0 Å². The monoisotopic (exact) mass is 273 g/mol. The van der Waals surface area contributed by atoms with Gasteiger partial charge in [-0.05, 0) is 37.7 Å². The molecular formula is C11H13Cl2N3O. The lowest BCUT2D eigenvalue weighted by atomic mass is 10.1. The number of furan rings is 1. The lowest BCUT2D eigenvalue weighted by Crippen LogP contribution is -2.21. The summed E-state index contributed by atoms with van der Waals surface area (Å²) in [4.78, 5) is 0. The van der Waals surface area contributed by atoms with Gasteiger partial charge in [0.05, 0.1) is 16.9 Å². The standard InChI is InChI=1S/C11H13Cl2N3O/c1-3-16-11(7(12)6-15-16)10(14-2)8-4-5-9(13)17-8/h4-6,10,14H,3H2,1-2H3. The Morgan fingerprint density at radius 3 is 2.76 bits per heavy atom. The number of hydrogen-bond acceptors (Lipinski definition) is 3. The fourth-order valence-corrected chi connectivity index (χ4v) is 2.21. The molecule has 0 saturated heterocycles.